The normalized spacial score (nSPS) is 36.0. The summed E-state index contributed by atoms with van der Waals surface area (Å²) in [4.78, 5) is 29.5. The van der Waals surface area contributed by atoms with Crippen LogP contribution < -0.4 is 5.73 Å². The first-order valence-electron chi connectivity index (χ1n) is 9.83. The number of amides is 2. The summed E-state index contributed by atoms with van der Waals surface area (Å²) in [5, 5.41) is 0. The molecule has 2 aliphatic heterocycles. The molecule has 3 fully saturated rings. The maximum absolute atomic E-state index is 13.0. The van der Waals surface area contributed by atoms with E-state index in [0.29, 0.717) is 19.0 Å². The van der Waals surface area contributed by atoms with Gasteiger partial charge in [0.05, 0.1) is 5.92 Å². The molecule has 136 valence electrons. The van der Waals surface area contributed by atoms with Crippen LogP contribution in [0, 0.1) is 11.8 Å². The predicted molar refractivity (Wildman–Crippen MR) is 94.2 cm³/mol. The fourth-order valence-electron chi connectivity index (χ4n) is 4.82. The molecule has 3 atom stereocenters. The van der Waals surface area contributed by atoms with Crippen molar-refractivity contribution < 1.29 is 9.59 Å². The molecule has 3 unspecified atom stereocenters. The summed E-state index contributed by atoms with van der Waals surface area (Å²) in [7, 11) is 0. The Balaban J connectivity index is 1.63. The molecule has 0 spiro atoms. The van der Waals surface area contributed by atoms with Gasteiger partial charge in [-0.1, -0.05) is 6.92 Å². The van der Waals surface area contributed by atoms with Crippen molar-refractivity contribution in [3.63, 3.8) is 0 Å². The van der Waals surface area contributed by atoms with Gasteiger partial charge >= 0.3 is 0 Å². The number of rotatable bonds is 3. The lowest BCUT2D eigenvalue weighted by atomic mass is 9.86. The van der Waals surface area contributed by atoms with Crippen LogP contribution in [0.1, 0.15) is 65.2 Å². The Morgan fingerprint density at radius 1 is 1.17 bits per heavy atom. The van der Waals surface area contributed by atoms with Crippen molar-refractivity contribution in [2.75, 3.05) is 13.1 Å². The highest BCUT2D eigenvalue weighted by atomic mass is 16.2. The van der Waals surface area contributed by atoms with Crippen molar-refractivity contribution in [3.05, 3.63) is 0 Å². The van der Waals surface area contributed by atoms with Gasteiger partial charge in [-0.15, -0.1) is 0 Å². The maximum Gasteiger partial charge on any atom is 0.228 e. The van der Waals surface area contributed by atoms with E-state index in [2.05, 4.69) is 6.92 Å². The maximum atomic E-state index is 13.0. The summed E-state index contributed by atoms with van der Waals surface area (Å²) in [5.41, 5.74) is 6.11. The summed E-state index contributed by atoms with van der Waals surface area (Å²) in [6.07, 6.45) is 8.19. The van der Waals surface area contributed by atoms with Gasteiger partial charge in [0.1, 0.15) is 0 Å². The summed E-state index contributed by atoms with van der Waals surface area (Å²) < 4.78 is 0. The highest BCUT2D eigenvalue weighted by Gasteiger charge is 2.42. The molecule has 2 heterocycles. The third-order valence-corrected chi connectivity index (χ3v) is 6.37. The van der Waals surface area contributed by atoms with Crippen LogP contribution in [0.4, 0.5) is 0 Å². The molecule has 2 amide bonds. The lowest BCUT2D eigenvalue weighted by Gasteiger charge is -2.39. The minimum Gasteiger partial charge on any atom is -0.339 e. The SMILES string of the molecule is CC1CCC(N2CC(C(=O)N3CCCCC3C(C)N)CC2=O)CC1. The molecule has 0 radical (unpaired) electrons. The second-order valence-corrected chi connectivity index (χ2v) is 8.31. The van der Waals surface area contributed by atoms with Gasteiger partial charge in [-0.25, -0.2) is 0 Å². The zero-order valence-corrected chi connectivity index (χ0v) is 15.2. The Kier molecular flexibility index (Phi) is 5.48. The molecule has 1 aliphatic carbocycles. The van der Waals surface area contributed by atoms with E-state index >= 15 is 0 Å². The van der Waals surface area contributed by atoms with Crippen LogP contribution in [0.3, 0.4) is 0 Å². The van der Waals surface area contributed by atoms with Crippen molar-refractivity contribution >= 4 is 11.8 Å². The topological polar surface area (TPSA) is 66.6 Å². The van der Waals surface area contributed by atoms with Gasteiger partial charge in [0.2, 0.25) is 11.8 Å². The summed E-state index contributed by atoms with van der Waals surface area (Å²) in [6, 6.07) is 0.505. The molecule has 5 heteroatoms. The summed E-state index contributed by atoms with van der Waals surface area (Å²) >= 11 is 0. The van der Waals surface area contributed by atoms with Crippen molar-refractivity contribution in [1.82, 2.24) is 9.80 Å². The molecular formula is C19H33N3O2. The molecule has 1 saturated carbocycles. The quantitative estimate of drug-likeness (QED) is 0.859. The van der Waals surface area contributed by atoms with E-state index in [1.807, 2.05) is 16.7 Å². The fraction of sp³-hybridized carbons (Fsp3) is 0.895. The number of carbonyl (C=O) groups excluding carboxylic acids is 2. The van der Waals surface area contributed by atoms with Crippen molar-refractivity contribution in [2.45, 2.75) is 83.3 Å². The van der Waals surface area contributed by atoms with Crippen molar-refractivity contribution in [1.29, 1.82) is 0 Å². The highest BCUT2D eigenvalue weighted by Crippen LogP contribution is 2.32. The minimum atomic E-state index is -0.156. The van der Waals surface area contributed by atoms with E-state index in [9.17, 15) is 9.59 Å². The molecular weight excluding hydrogens is 302 g/mol. The number of piperidine rings is 1. The first-order chi connectivity index (χ1) is 11.5. The lowest BCUT2D eigenvalue weighted by Crippen LogP contribution is -2.53. The molecule has 0 aromatic heterocycles. The highest BCUT2D eigenvalue weighted by molar-refractivity contribution is 5.89. The molecule has 0 bridgehead atoms. The second-order valence-electron chi connectivity index (χ2n) is 8.31. The first kappa shape index (κ1) is 17.7. The van der Waals surface area contributed by atoms with E-state index in [4.69, 9.17) is 5.73 Å². The monoisotopic (exact) mass is 335 g/mol. The van der Waals surface area contributed by atoms with Gasteiger partial charge in [-0.3, -0.25) is 9.59 Å². The molecule has 3 rings (SSSR count). The molecule has 2 saturated heterocycles. The molecule has 0 aromatic carbocycles. The number of nitrogens with two attached hydrogens (primary N) is 1. The smallest absolute Gasteiger partial charge is 0.228 e. The molecule has 5 nitrogen and oxygen atoms in total. The van der Waals surface area contributed by atoms with Gasteiger partial charge in [-0.2, -0.15) is 0 Å². The van der Waals surface area contributed by atoms with Crippen LogP contribution in [0.5, 0.6) is 0 Å². The van der Waals surface area contributed by atoms with Crippen LogP contribution in [-0.2, 0) is 9.59 Å². The number of likely N-dealkylation sites (tertiary alicyclic amines) is 2. The summed E-state index contributed by atoms with van der Waals surface area (Å²) in [6.45, 7) is 5.71. The van der Waals surface area contributed by atoms with E-state index in [1.165, 1.54) is 12.8 Å². The minimum absolute atomic E-state index is 0.00212. The largest absolute Gasteiger partial charge is 0.339 e. The number of nitrogens with zero attached hydrogens (tertiary/aromatic N) is 2. The van der Waals surface area contributed by atoms with Gasteiger partial charge in [0, 0.05) is 37.6 Å². The van der Waals surface area contributed by atoms with Crippen LogP contribution in [-0.4, -0.2) is 52.8 Å². The van der Waals surface area contributed by atoms with Crippen LogP contribution in [0.25, 0.3) is 0 Å². The van der Waals surface area contributed by atoms with Gasteiger partial charge in [-0.05, 0) is 57.8 Å². The van der Waals surface area contributed by atoms with Gasteiger partial charge in [0.25, 0.3) is 0 Å². The van der Waals surface area contributed by atoms with Gasteiger partial charge < -0.3 is 15.5 Å². The van der Waals surface area contributed by atoms with Crippen LogP contribution >= 0.6 is 0 Å². The number of hydrogen-bond donors (Lipinski definition) is 1. The zero-order valence-electron chi connectivity index (χ0n) is 15.2. The number of carbonyl (C=O) groups is 2. The van der Waals surface area contributed by atoms with Crippen LogP contribution in [0.2, 0.25) is 0 Å². The lowest BCUT2D eigenvalue weighted by molar-refractivity contribution is -0.139. The Morgan fingerprint density at radius 2 is 1.88 bits per heavy atom. The first-order valence-corrected chi connectivity index (χ1v) is 9.83. The third kappa shape index (κ3) is 3.61. The molecule has 0 aromatic rings. The van der Waals surface area contributed by atoms with E-state index in [-0.39, 0.29) is 29.8 Å². The average molecular weight is 335 g/mol. The average Bonchev–Trinajstić information content (AvgIpc) is 2.96. The van der Waals surface area contributed by atoms with Gasteiger partial charge in [0.15, 0.2) is 0 Å². The molecule has 24 heavy (non-hydrogen) atoms. The van der Waals surface area contributed by atoms with Crippen LogP contribution in [0.15, 0.2) is 0 Å². The summed E-state index contributed by atoms with van der Waals surface area (Å²) in [5.74, 6) is 0.965. The third-order valence-electron chi connectivity index (χ3n) is 6.37. The Bertz CT molecular complexity index is 471. The van der Waals surface area contributed by atoms with E-state index in [0.717, 1.165) is 44.6 Å². The predicted octanol–water partition coefficient (Wildman–Crippen LogP) is 2.14. The standard InChI is InChI=1S/C19H33N3O2/c1-13-6-8-16(9-7-13)22-12-15(11-18(22)23)19(24)21-10-4-3-5-17(21)14(2)20/h13-17H,3-12,20H2,1-2H3. The Hall–Kier alpha value is -1.10. The van der Waals surface area contributed by atoms with E-state index < -0.39 is 0 Å². The second kappa shape index (κ2) is 7.42. The zero-order chi connectivity index (χ0) is 17.3. The van der Waals surface area contributed by atoms with Crippen molar-refractivity contribution in [2.24, 2.45) is 17.6 Å². The molecule has 2 N–H and O–H groups in total. The fourth-order valence-corrected chi connectivity index (χ4v) is 4.82. The van der Waals surface area contributed by atoms with Crippen molar-refractivity contribution in [3.8, 4) is 0 Å². The van der Waals surface area contributed by atoms with E-state index in [1.54, 1.807) is 0 Å². The molecule has 3 aliphatic rings. The Morgan fingerprint density at radius 3 is 2.54 bits per heavy atom. The Labute approximate surface area is 145 Å². The number of hydrogen-bond acceptors (Lipinski definition) is 3.